The van der Waals surface area contributed by atoms with Crippen molar-refractivity contribution >= 4 is 15.7 Å². The molecule has 6 nitrogen and oxygen atoms in total. The Morgan fingerprint density at radius 2 is 1.75 bits per heavy atom. The minimum atomic E-state index is -3.34. The van der Waals surface area contributed by atoms with Crippen LogP contribution >= 0.6 is 0 Å². The van der Waals surface area contributed by atoms with Crippen molar-refractivity contribution in [1.82, 2.24) is 14.5 Å². The predicted octanol–water partition coefficient (Wildman–Crippen LogP) is 2.99. The van der Waals surface area contributed by atoms with Crippen molar-refractivity contribution in [2.45, 2.75) is 0 Å². The zero-order valence-electron chi connectivity index (χ0n) is 15.4. The van der Waals surface area contributed by atoms with Crippen molar-refractivity contribution in [2.75, 3.05) is 24.7 Å². The molecule has 0 atom stereocenters. The molecule has 148 valence electrons. The summed E-state index contributed by atoms with van der Waals surface area (Å²) in [5.74, 6) is -1.41. The second-order valence-electron chi connectivity index (χ2n) is 6.24. The van der Waals surface area contributed by atoms with Gasteiger partial charge in [-0.2, -0.15) is 5.10 Å². The number of sulfonamides is 1. The monoisotopic (exact) mass is 406 g/mol. The fourth-order valence-electron chi connectivity index (χ4n) is 2.79. The molecule has 0 aliphatic carbocycles. The van der Waals surface area contributed by atoms with Gasteiger partial charge in [0.1, 0.15) is 11.6 Å². The lowest BCUT2D eigenvalue weighted by atomic mass is 10.00. The number of hydrogen-bond acceptors (Lipinski definition) is 4. The molecule has 3 rings (SSSR count). The fourth-order valence-corrected chi connectivity index (χ4v) is 3.37. The molecule has 0 saturated heterocycles. The molecular weight excluding hydrogens is 386 g/mol. The Bertz CT molecular complexity index is 1080. The van der Waals surface area contributed by atoms with Gasteiger partial charge in [-0.05, 0) is 48.5 Å². The number of benzene rings is 2. The van der Waals surface area contributed by atoms with Gasteiger partial charge in [0.2, 0.25) is 10.0 Å². The number of halogens is 2. The van der Waals surface area contributed by atoms with E-state index in [-0.39, 0.29) is 12.3 Å². The van der Waals surface area contributed by atoms with E-state index in [1.165, 1.54) is 19.2 Å². The molecule has 9 heteroatoms. The van der Waals surface area contributed by atoms with E-state index in [0.717, 1.165) is 6.07 Å². The topological polar surface area (TPSA) is 76.0 Å². The van der Waals surface area contributed by atoms with Gasteiger partial charge in [-0.15, -0.1) is 0 Å². The molecule has 3 aromatic rings. The molecule has 0 amide bonds. The molecule has 0 saturated carbocycles. The highest BCUT2D eigenvalue weighted by Gasteiger charge is 2.13. The first-order valence-electron chi connectivity index (χ1n) is 8.53. The minimum absolute atomic E-state index is 0.0952. The lowest BCUT2D eigenvalue weighted by Crippen LogP contribution is -2.26. The maximum Gasteiger partial charge on any atom is 0.213 e. The molecule has 0 radical (unpaired) electrons. The van der Waals surface area contributed by atoms with Crippen LogP contribution in [0.25, 0.3) is 22.4 Å². The SMILES string of the molecule is CNS(=O)(=O)CCNc1ccc(-c2cc(F)cc(F)c2)cc1-c1ccn(C)n1. The van der Waals surface area contributed by atoms with Gasteiger partial charge in [0.05, 0.1) is 11.4 Å². The zero-order chi connectivity index (χ0) is 20.3. The summed E-state index contributed by atoms with van der Waals surface area (Å²) >= 11 is 0. The van der Waals surface area contributed by atoms with Crippen molar-refractivity contribution in [1.29, 1.82) is 0 Å². The molecule has 2 N–H and O–H groups in total. The van der Waals surface area contributed by atoms with E-state index < -0.39 is 21.7 Å². The van der Waals surface area contributed by atoms with Gasteiger partial charge in [-0.3, -0.25) is 4.68 Å². The second kappa shape index (κ2) is 8.07. The van der Waals surface area contributed by atoms with Gasteiger partial charge in [0.15, 0.2) is 0 Å². The van der Waals surface area contributed by atoms with Crippen LogP contribution in [-0.4, -0.2) is 37.5 Å². The summed E-state index contributed by atoms with van der Waals surface area (Å²) in [6.45, 7) is 0.191. The normalized spacial score (nSPS) is 11.6. The number of aryl methyl sites for hydroxylation is 1. The molecule has 0 aliphatic rings. The maximum absolute atomic E-state index is 13.6. The van der Waals surface area contributed by atoms with Crippen LogP contribution in [-0.2, 0) is 17.1 Å². The first-order chi connectivity index (χ1) is 13.3. The van der Waals surface area contributed by atoms with E-state index in [0.29, 0.717) is 28.1 Å². The molecular formula is C19H20F2N4O2S. The fraction of sp³-hybridized carbons (Fsp3) is 0.211. The largest absolute Gasteiger partial charge is 0.383 e. The quantitative estimate of drug-likeness (QED) is 0.633. The summed E-state index contributed by atoms with van der Waals surface area (Å²) < 4.78 is 54.3. The highest BCUT2D eigenvalue weighted by molar-refractivity contribution is 7.89. The van der Waals surface area contributed by atoms with Gasteiger partial charge in [0.25, 0.3) is 0 Å². The van der Waals surface area contributed by atoms with Crippen molar-refractivity contribution in [3.8, 4) is 22.4 Å². The third kappa shape index (κ3) is 4.73. The van der Waals surface area contributed by atoms with E-state index in [9.17, 15) is 17.2 Å². The standard InChI is InChI=1S/C19H20F2N4O2S/c1-22-28(26,27)8-6-23-18-4-3-13(14-9-15(20)12-16(21)10-14)11-17(18)19-5-7-25(2)24-19/h3-5,7,9-12,22-23H,6,8H2,1-2H3. The van der Waals surface area contributed by atoms with Crippen LogP contribution < -0.4 is 10.0 Å². The lowest BCUT2D eigenvalue weighted by Gasteiger charge is -2.13. The van der Waals surface area contributed by atoms with Gasteiger partial charge >= 0.3 is 0 Å². The van der Waals surface area contributed by atoms with Gasteiger partial charge in [0, 0.05) is 37.1 Å². The second-order valence-corrected chi connectivity index (χ2v) is 8.29. The summed E-state index contributed by atoms with van der Waals surface area (Å²) in [4.78, 5) is 0. The third-order valence-electron chi connectivity index (χ3n) is 4.20. The minimum Gasteiger partial charge on any atom is -0.383 e. The first-order valence-corrected chi connectivity index (χ1v) is 10.2. The maximum atomic E-state index is 13.6. The lowest BCUT2D eigenvalue weighted by molar-refractivity contribution is 0.584. The van der Waals surface area contributed by atoms with Crippen LogP contribution in [0.3, 0.4) is 0 Å². The van der Waals surface area contributed by atoms with Crippen LogP contribution in [0.4, 0.5) is 14.5 Å². The Labute approximate surface area is 162 Å². The Hall–Kier alpha value is -2.78. The average molecular weight is 406 g/mol. The molecule has 0 spiro atoms. The number of anilines is 1. The number of hydrogen-bond donors (Lipinski definition) is 2. The van der Waals surface area contributed by atoms with Crippen LogP contribution in [0, 0.1) is 11.6 Å². The molecule has 1 heterocycles. The smallest absolute Gasteiger partial charge is 0.213 e. The van der Waals surface area contributed by atoms with Crippen LogP contribution in [0.2, 0.25) is 0 Å². The van der Waals surface area contributed by atoms with Crippen LogP contribution in [0.5, 0.6) is 0 Å². The Morgan fingerprint density at radius 3 is 2.36 bits per heavy atom. The predicted molar refractivity (Wildman–Crippen MR) is 105 cm³/mol. The number of aromatic nitrogens is 2. The summed E-state index contributed by atoms with van der Waals surface area (Å²) in [5, 5.41) is 7.48. The zero-order valence-corrected chi connectivity index (χ0v) is 16.2. The van der Waals surface area contributed by atoms with E-state index >= 15 is 0 Å². The molecule has 2 aromatic carbocycles. The average Bonchev–Trinajstić information content (AvgIpc) is 3.07. The third-order valence-corrected chi connectivity index (χ3v) is 5.57. The summed E-state index contributed by atoms with van der Waals surface area (Å²) in [6.07, 6.45) is 1.78. The van der Waals surface area contributed by atoms with Crippen molar-refractivity contribution < 1.29 is 17.2 Å². The number of rotatable bonds is 7. The first kappa shape index (κ1) is 20.0. The summed E-state index contributed by atoms with van der Waals surface area (Å²) in [6, 6.07) is 10.4. The molecule has 0 bridgehead atoms. The molecule has 0 aliphatic heterocycles. The summed E-state index contributed by atoms with van der Waals surface area (Å²) in [5.41, 5.74) is 3.04. The molecule has 0 unspecified atom stereocenters. The van der Waals surface area contributed by atoms with E-state index in [2.05, 4.69) is 15.1 Å². The molecule has 28 heavy (non-hydrogen) atoms. The van der Waals surface area contributed by atoms with Crippen molar-refractivity contribution in [2.24, 2.45) is 7.05 Å². The Kier molecular flexibility index (Phi) is 5.76. The van der Waals surface area contributed by atoms with E-state index in [1.807, 2.05) is 0 Å². The highest BCUT2D eigenvalue weighted by atomic mass is 32.2. The number of nitrogens with one attached hydrogen (secondary N) is 2. The van der Waals surface area contributed by atoms with E-state index in [4.69, 9.17) is 0 Å². The summed E-state index contributed by atoms with van der Waals surface area (Å²) in [7, 11) is -0.197. The van der Waals surface area contributed by atoms with Crippen LogP contribution in [0.1, 0.15) is 0 Å². The van der Waals surface area contributed by atoms with E-state index in [1.54, 1.807) is 42.2 Å². The number of nitrogens with zero attached hydrogens (tertiary/aromatic N) is 2. The molecule has 0 fully saturated rings. The Balaban J connectivity index is 1.98. The van der Waals surface area contributed by atoms with Gasteiger partial charge in [-0.1, -0.05) is 6.07 Å². The van der Waals surface area contributed by atoms with Gasteiger partial charge < -0.3 is 5.32 Å². The Morgan fingerprint density at radius 1 is 1.04 bits per heavy atom. The van der Waals surface area contributed by atoms with Crippen molar-refractivity contribution in [3.63, 3.8) is 0 Å². The molecule has 1 aromatic heterocycles. The van der Waals surface area contributed by atoms with Crippen molar-refractivity contribution in [3.05, 3.63) is 60.3 Å². The highest BCUT2D eigenvalue weighted by Crippen LogP contribution is 2.32. The van der Waals surface area contributed by atoms with Crippen LogP contribution in [0.15, 0.2) is 48.7 Å². The van der Waals surface area contributed by atoms with Gasteiger partial charge in [-0.25, -0.2) is 21.9 Å².